The van der Waals surface area contributed by atoms with Crippen molar-refractivity contribution in [1.29, 1.82) is 0 Å². The third-order valence-corrected chi connectivity index (χ3v) is 3.91. The van der Waals surface area contributed by atoms with Gasteiger partial charge in [0.15, 0.2) is 0 Å². The van der Waals surface area contributed by atoms with E-state index in [4.69, 9.17) is 0 Å². The predicted octanol–water partition coefficient (Wildman–Crippen LogP) is 4.93. The van der Waals surface area contributed by atoms with Crippen LogP contribution in [0.4, 0.5) is 0 Å². The lowest BCUT2D eigenvalue weighted by Crippen LogP contribution is -2.21. The SMILES string of the molecule is C=CCCCCCC(NCCC)c1cccs1. The minimum absolute atomic E-state index is 0.568. The number of thiophene rings is 1. The van der Waals surface area contributed by atoms with Crippen molar-refractivity contribution >= 4 is 11.3 Å². The molecule has 0 aromatic carbocycles. The molecule has 0 saturated heterocycles. The van der Waals surface area contributed by atoms with Crippen molar-refractivity contribution in [2.24, 2.45) is 0 Å². The first-order chi connectivity index (χ1) is 8.38. The number of unbranched alkanes of at least 4 members (excludes halogenated alkanes) is 3. The molecule has 1 N–H and O–H groups in total. The summed E-state index contributed by atoms with van der Waals surface area (Å²) in [5.74, 6) is 0. The third kappa shape index (κ3) is 6.04. The van der Waals surface area contributed by atoms with Crippen LogP contribution in [0.15, 0.2) is 30.2 Å². The summed E-state index contributed by atoms with van der Waals surface area (Å²) in [6, 6.07) is 4.97. The lowest BCUT2D eigenvalue weighted by Gasteiger charge is -2.16. The number of hydrogen-bond acceptors (Lipinski definition) is 2. The van der Waals surface area contributed by atoms with Gasteiger partial charge in [-0.15, -0.1) is 17.9 Å². The lowest BCUT2D eigenvalue weighted by atomic mass is 10.1. The summed E-state index contributed by atoms with van der Waals surface area (Å²) in [5, 5.41) is 5.83. The molecule has 0 aliphatic carbocycles. The Labute approximate surface area is 110 Å². The van der Waals surface area contributed by atoms with Gasteiger partial charge in [0.1, 0.15) is 0 Å². The summed E-state index contributed by atoms with van der Waals surface area (Å²) in [5.41, 5.74) is 0. The van der Waals surface area contributed by atoms with Crippen LogP contribution in [-0.4, -0.2) is 6.54 Å². The van der Waals surface area contributed by atoms with Crippen LogP contribution < -0.4 is 5.32 Å². The summed E-state index contributed by atoms with van der Waals surface area (Å²) >= 11 is 1.87. The third-order valence-electron chi connectivity index (χ3n) is 2.93. The van der Waals surface area contributed by atoms with Crippen LogP contribution in [0.1, 0.15) is 56.4 Å². The number of rotatable bonds is 10. The standard InChI is InChI=1S/C15H25NS/c1-3-5-6-7-8-10-14(16-12-4-2)15-11-9-13-17-15/h3,9,11,13-14,16H,1,4-8,10,12H2,2H3. The second kappa shape index (κ2) is 9.43. The Hall–Kier alpha value is -0.600. The van der Waals surface area contributed by atoms with Gasteiger partial charge in [0.25, 0.3) is 0 Å². The van der Waals surface area contributed by atoms with Gasteiger partial charge in [-0.25, -0.2) is 0 Å². The smallest absolute Gasteiger partial charge is 0.0414 e. The molecule has 1 nitrogen and oxygen atoms in total. The van der Waals surface area contributed by atoms with E-state index in [-0.39, 0.29) is 0 Å². The fourth-order valence-electron chi connectivity index (χ4n) is 1.97. The van der Waals surface area contributed by atoms with Crippen molar-refractivity contribution in [3.05, 3.63) is 35.0 Å². The van der Waals surface area contributed by atoms with E-state index in [1.165, 1.54) is 37.0 Å². The topological polar surface area (TPSA) is 12.0 Å². The Morgan fingerprint density at radius 1 is 1.41 bits per heavy atom. The average molecular weight is 251 g/mol. The van der Waals surface area contributed by atoms with Crippen LogP contribution in [0.2, 0.25) is 0 Å². The molecule has 1 unspecified atom stereocenters. The van der Waals surface area contributed by atoms with Crippen LogP contribution in [0.3, 0.4) is 0 Å². The van der Waals surface area contributed by atoms with Gasteiger partial charge in [0, 0.05) is 10.9 Å². The Bertz CT molecular complexity index is 279. The maximum Gasteiger partial charge on any atom is 0.0414 e. The van der Waals surface area contributed by atoms with E-state index in [9.17, 15) is 0 Å². The molecular formula is C15H25NS. The number of hydrogen-bond donors (Lipinski definition) is 1. The molecule has 0 aliphatic heterocycles. The van der Waals surface area contributed by atoms with Gasteiger partial charge in [-0.05, 0) is 43.7 Å². The molecule has 0 fully saturated rings. The summed E-state index contributed by atoms with van der Waals surface area (Å²) in [7, 11) is 0. The van der Waals surface area contributed by atoms with E-state index in [2.05, 4.69) is 36.3 Å². The highest BCUT2D eigenvalue weighted by Gasteiger charge is 2.10. The molecule has 1 aromatic heterocycles. The maximum atomic E-state index is 3.76. The van der Waals surface area contributed by atoms with Crippen LogP contribution in [0.5, 0.6) is 0 Å². The summed E-state index contributed by atoms with van der Waals surface area (Å²) < 4.78 is 0. The largest absolute Gasteiger partial charge is 0.309 e. The molecule has 17 heavy (non-hydrogen) atoms. The van der Waals surface area contributed by atoms with Crippen molar-refractivity contribution < 1.29 is 0 Å². The van der Waals surface area contributed by atoms with Gasteiger partial charge in [-0.1, -0.05) is 31.9 Å². The Kier molecular flexibility index (Phi) is 8.02. The first-order valence-corrected chi connectivity index (χ1v) is 7.64. The number of nitrogens with one attached hydrogen (secondary N) is 1. The minimum atomic E-state index is 0.568. The first-order valence-electron chi connectivity index (χ1n) is 6.76. The zero-order chi connectivity index (χ0) is 12.3. The fourth-order valence-corrected chi connectivity index (χ4v) is 2.80. The molecule has 1 aromatic rings. The quantitative estimate of drug-likeness (QED) is 0.459. The average Bonchev–Trinajstić information content (AvgIpc) is 2.86. The zero-order valence-corrected chi connectivity index (χ0v) is 11.8. The van der Waals surface area contributed by atoms with E-state index in [0.29, 0.717) is 6.04 Å². The fraction of sp³-hybridized carbons (Fsp3) is 0.600. The van der Waals surface area contributed by atoms with Crippen LogP contribution in [0.25, 0.3) is 0 Å². The predicted molar refractivity (Wildman–Crippen MR) is 78.6 cm³/mol. The molecular weight excluding hydrogens is 226 g/mol. The molecule has 1 rings (SSSR count). The summed E-state index contributed by atoms with van der Waals surface area (Å²) in [6.45, 7) is 7.11. The van der Waals surface area contributed by atoms with Crippen LogP contribution in [0, 0.1) is 0 Å². The van der Waals surface area contributed by atoms with E-state index in [1.54, 1.807) is 0 Å². The summed E-state index contributed by atoms with van der Waals surface area (Å²) in [4.78, 5) is 1.49. The van der Waals surface area contributed by atoms with Crippen molar-refractivity contribution in [3.8, 4) is 0 Å². The number of allylic oxidation sites excluding steroid dienone is 1. The maximum absolute atomic E-state index is 3.76. The van der Waals surface area contributed by atoms with Gasteiger partial charge in [-0.2, -0.15) is 0 Å². The Morgan fingerprint density at radius 2 is 2.29 bits per heavy atom. The highest BCUT2D eigenvalue weighted by atomic mass is 32.1. The molecule has 0 radical (unpaired) electrons. The van der Waals surface area contributed by atoms with Crippen LogP contribution >= 0.6 is 11.3 Å². The van der Waals surface area contributed by atoms with Gasteiger partial charge in [0.05, 0.1) is 0 Å². The second-order valence-corrected chi connectivity index (χ2v) is 5.43. The van der Waals surface area contributed by atoms with E-state index >= 15 is 0 Å². The van der Waals surface area contributed by atoms with Gasteiger partial charge < -0.3 is 5.32 Å². The molecule has 1 atom stereocenters. The molecule has 0 bridgehead atoms. The molecule has 0 saturated carbocycles. The van der Waals surface area contributed by atoms with Crippen molar-refractivity contribution in [3.63, 3.8) is 0 Å². The monoisotopic (exact) mass is 251 g/mol. The molecule has 2 heteroatoms. The zero-order valence-electron chi connectivity index (χ0n) is 11.0. The van der Waals surface area contributed by atoms with Crippen LogP contribution in [-0.2, 0) is 0 Å². The van der Waals surface area contributed by atoms with Gasteiger partial charge >= 0.3 is 0 Å². The summed E-state index contributed by atoms with van der Waals surface area (Å²) in [6.07, 6.45) is 9.57. The Balaban J connectivity index is 2.28. The highest BCUT2D eigenvalue weighted by Crippen LogP contribution is 2.24. The Morgan fingerprint density at radius 3 is 2.94 bits per heavy atom. The normalized spacial score (nSPS) is 12.5. The van der Waals surface area contributed by atoms with E-state index in [0.717, 1.165) is 13.0 Å². The highest BCUT2D eigenvalue weighted by molar-refractivity contribution is 7.10. The molecule has 0 spiro atoms. The van der Waals surface area contributed by atoms with Gasteiger partial charge in [-0.3, -0.25) is 0 Å². The van der Waals surface area contributed by atoms with Crippen molar-refractivity contribution in [1.82, 2.24) is 5.32 Å². The molecule has 0 amide bonds. The second-order valence-electron chi connectivity index (χ2n) is 4.45. The molecule has 96 valence electrons. The minimum Gasteiger partial charge on any atom is -0.309 e. The van der Waals surface area contributed by atoms with Crippen molar-refractivity contribution in [2.75, 3.05) is 6.54 Å². The molecule has 1 heterocycles. The first kappa shape index (κ1) is 14.5. The van der Waals surface area contributed by atoms with Crippen molar-refractivity contribution in [2.45, 2.75) is 51.5 Å². The van der Waals surface area contributed by atoms with Gasteiger partial charge in [0.2, 0.25) is 0 Å². The van der Waals surface area contributed by atoms with E-state index in [1.807, 2.05) is 17.4 Å². The molecule has 0 aliphatic rings. The van der Waals surface area contributed by atoms with E-state index < -0.39 is 0 Å². The lowest BCUT2D eigenvalue weighted by molar-refractivity contribution is 0.478.